The molecule has 7 nitrogen and oxygen atoms in total. The van der Waals surface area contributed by atoms with E-state index in [0.717, 1.165) is 33.7 Å². The highest BCUT2D eigenvalue weighted by molar-refractivity contribution is 6.30. The van der Waals surface area contributed by atoms with Gasteiger partial charge in [-0.25, -0.2) is 0 Å². The minimum absolute atomic E-state index is 0.269. The van der Waals surface area contributed by atoms with Gasteiger partial charge in [0.1, 0.15) is 17.9 Å². The van der Waals surface area contributed by atoms with Crippen molar-refractivity contribution in [3.05, 3.63) is 100 Å². The van der Waals surface area contributed by atoms with Crippen LogP contribution in [0.5, 0.6) is 5.75 Å². The highest BCUT2D eigenvalue weighted by Crippen LogP contribution is 2.50. The van der Waals surface area contributed by atoms with Crippen LogP contribution >= 0.6 is 11.6 Å². The molecule has 2 aliphatic rings. The first-order valence-corrected chi connectivity index (χ1v) is 9.88. The summed E-state index contributed by atoms with van der Waals surface area (Å²) in [5, 5.41) is 16.4. The van der Waals surface area contributed by atoms with Crippen LogP contribution in [0.1, 0.15) is 28.8 Å². The van der Waals surface area contributed by atoms with Gasteiger partial charge in [-0.1, -0.05) is 47.0 Å². The summed E-state index contributed by atoms with van der Waals surface area (Å²) in [5.41, 5.74) is 4.91. The maximum absolute atomic E-state index is 6.53. The number of nitrogens with zero attached hydrogens (tertiary/aromatic N) is 5. The van der Waals surface area contributed by atoms with Gasteiger partial charge < -0.3 is 10.1 Å². The number of pyridine rings is 1. The Labute approximate surface area is 177 Å². The molecule has 0 amide bonds. The number of ether oxygens (including phenoxy) is 1. The van der Waals surface area contributed by atoms with Crippen molar-refractivity contribution in [2.75, 3.05) is 5.32 Å². The molecule has 0 saturated carbocycles. The van der Waals surface area contributed by atoms with E-state index in [9.17, 15) is 0 Å². The Hall–Kier alpha value is -3.71. The second-order valence-electron chi connectivity index (χ2n) is 7.14. The second-order valence-corrected chi connectivity index (χ2v) is 7.57. The molecular weight excluding hydrogens is 400 g/mol. The molecule has 146 valence electrons. The summed E-state index contributed by atoms with van der Waals surface area (Å²) in [4.78, 5) is 4.33. The maximum atomic E-state index is 6.53. The fourth-order valence-electron chi connectivity index (χ4n) is 4.11. The molecule has 0 spiro atoms. The van der Waals surface area contributed by atoms with E-state index in [0.29, 0.717) is 11.0 Å². The zero-order valence-corrected chi connectivity index (χ0v) is 16.4. The summed E-state index contributed by atoms with van der Waals surface area (Å²) in [7, 11) is 0. The summed E-state index contributed by atoms with van der Waals surface area (Å²) < 4.78 is 8.30. The van der Waals surface area contributed by atoms with Gasteiger partial charge in [-0.15, -0.1) is 0 Å². The molecule has 0 aliphatic carbocycles. The van der Waals surface area contributed by atoms with E-state index in [2.05, 4.69) is 25.8 Å². The van der Waals surface area contributed by atoms with Gasteiger partial charge >= 0.3 is 0 Å². The second kappa shape index (κ2) is 6.67. The molecule has 1 N–H and O–H groups in total. The summed E-state index contributed by atoms with van der Waals surface area (Å²) in [6.07, 6.45) is 3.25. The minimum atomic E-state index is -0.345. The highest BCUT2D eigenvalue weighted by Gasteiger charge is 2.41. The Morgan fingerprint density at radius 3 is 2.67 bits per heavy atom. The first-order valence-electron chi connectivity index (χ1n) is 9.50. The third-order valence-electron chi connectivity index (χ3n) is 5.41. The van der Waals surface area contributed by atoms with Crippen LogP contribution in [0, 0.1) is 0 Å². The van der Waals surface area contributed by atoms with Crippen LogP contribution in [-0.4, -0.2) is 25.2 Å². The van der Waals surface area contributed by atoms with Gasteiger partial charge in [-0.2, -0.15) is 4.68 Å². The molecule has 4 heterocycles. The normalized spacial score (nSPS) is 19.2. The molecule has 6 rings (SSSR count). The zero-order valence-electron chi connectivity index (χ0n) is 15.6. The molecule has 2 aromatic carbocycles. The van der Waals surface area contributed by atoms with Gasteiger partial charge in [-0.3, -0.25) is 4.98 Å². The Kier molecular flexibility index (Phi) is 3.82. The quantitative estimate of drug-likeness (QED) is 0.527. The van der Waals surface area contributed by atoms with Gasteiger partial charge in [0.15, 0.2) is 0 Å². The number of hydrogen-bond acceptors (Lipinski definition) is 6. The third kappa shape index (κ3) is 2.59. The first-order chi connectivity index (χ1) is 14.8. The molecule has 30 heavy (non-hydrogen) atoms. The van der Waals surface area contributed by atoms with Crippen molar-refractivity contribution in [1.82, 2.24) is 25.2 Å². The molecule has 8 heteroatoms. The number of halogens is 1. The van der Waals surface area contributed by atoms with E-state index in [4.69, 9.17) is 16.3 Å². The van der Waals surface area contributed by atoms with Crippen LogP contribution in [0.2, 0.25) is 5.02 Å². The lowest BCUT2D eigenvalue weighted by atomic mass is 9.85. The van der Waals surface area contributed by atoms with E-state index in [1.54, 1.807) is 10.9 Å². The Morgan fingerprint density at radius 1 is 0.967 bits per heavy atom. The van der Waals surface area contributed by atoms with Gasteiger partial charge in [0, 0.05) is 28.6 Å². The maximum Gasteiger partial charge on any atom is 0.248 e. The summed E-state index contributed by atoms with van der Waals surface area (Å²) in [6.45, 7) is 0. The number of tetrazole rings is 1. The van der Waals surface area contributed by atoms with Crippen molar-refractivity contribution in [3.8, 4) is 5.75 Å². The van der Waals surface area contributed by atoms with Crippen molar-refractivity contribution in [2.45, 2.75) is 12.1 Å². The average Bonchev–Trinajstić information content (AvgIpc) is 3.26. The van der Waals surface area contributed by atoms with Crippen LogP contribution in [0.4, 0.5) is 5.95 Å². The Morgan fingerprint density at radius 2 is 1.83 bits per heavy atom. The lowest BCUT2D eigenvalue weighted by Crippen LogP contribution is -2.32. The van der Waals surface area contributed by atoms with Gasteiger partial charge in [0.05, 0.1) is 5.70 Å². The van der Waals surface area contributed by atoms with E-state index >= 15 is 0 Å². The molecule has 0 unspecified atom stereocenters. The predicted molar refractivity (Wildman–Crippen MR) is 112 cm³/mol. The number of benzene rings is 2. The van der Waals surface area contributed by atoms with Crippen LogP contribution in [-0.2, 0) is 0 Å². The molecule has 4 aromatic rings. The number of para-hydroxylation sites is 1. The number of nitrogens with one attached hydrogen (secondary N) is 1. The van der Waals surface area contributed by atoms with Crippen molar-refractivity contribution < 1.29 is 4.74 Å². The average molecular weight is 415 g/mol. The summed E-state index contributed by atoms with van der Waals surface area (Å²) in [5.74, 6) is 1.38. The van der Waals surface area contributed by atoms with Gasteiger partial charge in [-0.05, 0) is 51.9 Å². The topological polar surface area (TPSA) is 77.8 Å². The summed E-state index contributed by atoms with van der Waals surface area (Å²) >= 11 is 6.14. The highest BCUT2D eigenvalue weighted by atomic mass is 35.5. The lowest BCUT2D eigenvalue weighted by Gasteiger charge is -2.38. The smallest absolute Gasteiger partial charge is 0.248 e. The predicted octanol–water partition coefficient (Wildman–Crippen LogP) is 4.28. The molecule has 0 fully saturated rings. The molecule has 2 atom stereocenters. The van der Waals surface area contributed by atoms with Crippen LogP contribution in [0.3, 0.4) is 0 Å². The molecule has 0 radical (unpaired) electrons. The zero-order chi connectivity index (χ0) is 20.1. The van der Waals surface area contributed by atoms with E-state index in [-0.39, 0.29) is 12.1 Å². The van der Waals surface area contributed by atoms with E-state index < -0.39 is 0 Å². The van der Waals surface area contributed by atoms with E-state index in [1.165, 1.54) is 0 Å². The Balaban J connectivity index is 1.63. The molecule has 2 aliphatic heterocycles. The molecule has 2 aromatic heterocycles. The molecule has 0 saturated heterocycles. The van der Waals surface area contributed by atoms with Crippen molar-refractivity contribution in [2.24, 2.45) is 0 Å². The fraction of sp³-hybridized carbons (Fsp3) is 0.0909. The van der Waals surface area contributed by atoms with Crippen LogP contribution < -0.4 is 10.1 Å². The number of anilines is 1. The van der Waals surface area contributed by atoms with Crippen LogP contribution in [0.25, 0.3) is 5.70 Å². The number of fused-ring (bicyclic) bond motifs is 3. The lowest BCUT2D eigenvalue weighted by molar-refractivity contribution is 0.222. The number of rotatable bonds is 2. The Bertz CT molecular complexity index is 1270. The van der Waals surface area contributed by atoms with Crippen LogP contribution in [0.15, 0.2) is 78.6 Å². The van der Waals surface area contributed by atoms with Crippen molar-refractivity contribution in [3.63, 3.8) is 0 Å². The van der Waals surface area contributed by atoms with Gasteiger partial charge in [0.25, 0.3) is 0 Å². The van der Waals surface area contributed by atoms with Crippen molar-refractivity contribution >= 4 is 23.2 Å². The van der Waals surface area contributed by atoms with Crippen molar-refractivity contribution in [1.29, 1.82) is 0 Å². The number of hydrogen-bond donors (Lipinski definition) is 1. The van der Waals surface area contributed by atoms with Gasteiger partial charge in [0.2, 0.25) is 5.95 Å². The third-order valence-corrected chi connectivity index (χ3v) is 5.67. The SMILES string of the molecule is Clc1ccc([C@@H]2Oc3ccccc3C3=C2[C@H](c2cccnc2)n2nnnc2N3)cc1. The summed E-state index contributed by atoms with van der Waals surface area (Å²) in [6, 6.07) is 19.4. The monoisotopic (exact) mass is 414 g/mol. The number of aromatic nitrogens is 5. The minimum Gasteiger partial charge on any atom is -0.480 e. The fourth-order valence-corrected chi connectivity index (χ4v) is 4.24. The largest absolute Gasteiger partial charge is 0.480 e. The molecule has 0 bridgehead atoms. The van der Waals surface area contributed by atoms with E-state index in [1.807, 2.05) is 66.9 Å². The first kappa shape index (κ1) is 17.2. The standard InChI is InChI=1S/C22H15ClN6O/c23-15-9-7-13(8-10-15)21-18-19(16-5-1-2-6-17(16)30-21)25-22-26-27-28-29(22)20(18)14-4-3-11-24-12-14/h1-12,20-21H,(H,25,26,28)/t20-,21-/m0/s1. The molecular formula is C22H15ClN6O.